The van der Waals surface area contributed by atoms with E-state index in [1.165, 1.54) is 3.57 Å². The first-order valence-electron chi connectivity index (χ1n) is 3.62. The fourth-order valence-corrected chi connectivity index (χ4v) is 1.28. The van der Waals surface area contributed by atoms with E-state index < -0.39 is 0 Å². The van der Waals surface area contributed by atoms with Crippen molar-refractivity contribution in [3.63, 3.8) is 0 Å². The maximum absolute atomic E-state index is 8.47. The zero-order valence-corrected chi connectivity index (χ0v) is 8.65. The van der Waals surface area contributed by atoms with Gasteiger partial charge in [-0.3, -0.25) is 0 Å². The minimum absolute atomic E-state index is 0.384. The lowest BCUT2D eigenvalue weighted by Gasteiger charge is -2.01. The normalized spacial score (nSPS) is 12.1. The monoisotopic (exact) mass is 272 g/mol. The van der Waals surface area contributed by atoms with Gasteiger partial charge in [0.1, 0.15) is 0 Å². The number of halogens is 1. The van der Waals surface area contributed by atoms with E-state index in [1.807, 2.05) is 30.3 Å². The molecular weight excluding hydrogens is 263 g/mol. The molecule has 2 N–H and O–H groups in total. The van der Waals surface area contributed by atoms with Gasteiger partial charge in [0.05, 0.1) is 12.1 Å². The molecule has 0 fully saturated rings. The molecule has 1 unspecified atom stereocenters. The summed E-state index contributed by atoms with van der Waals surface area (Å²) in [6, 6.07) is 9.65. The van der Waals surface area contributed by atoms with E-state index in [9.17, 15) is 0 Å². The van der Waals surface area contributed by atoms with Gasteiger partial charge in [0, 0.05) is 9.99 Å². The number of nitriles is 1. The lowest BCUT2D eigenvalue weighted by atomic mass is 10.1. The van der Waals surface area contributed by atoms with Gasteiger partial charge in [0.15, 0.2) is 0 Å². The third-order valence-electron chi connectivity index (χ3n) is 1.53. The van der Waals surface area contributed by atoms with Gasteiger partial charge in [-0.1, -0.05) is 12.1 Å². The second kappa shape index (κ2) is 4.43. The molecule has 0 saturated heterocycles. The fraction of sp³-hybridized carbons (Fsp3) is 0.222. The maximum Gasteiger partial charge on any atom is 0.0968 e. The van der Waals surface area contributed by atoms with Crippen LogP contribution in [-0.4, -0.2) is 6.04 Å². The topological polar surface area (TPSA) is 49.8 Å². The molecule has 0 bridgehead atoms. The Labute approximate surface area is 85.5 Å². The fourth-order valence-electron chi connectivity index (χ4n) is 0.920. The summed E-state index contributed by atoms with van der Waals surface area (Å²) in [5, 5.41) is 8.47. The van der Waals surface area contributed by atoms with Crippen LogP contribution in [0.1, 0.15) is 5.56 Å². The highest BCUT2D eigenvalue weighted by Crippen LogP contribution is 2.07. The van der Waals surface area contributed by atoms with E-state index in [-0.39, 0.29) is 6.04 Å². The maximum atomic E-state index is 8.47. The molecule has 0 saturated carbocycles. The number of nitrogens with two attached hydrogens (primary N) is 1. The number of nitrogens with zero attached hydrogens (tertiary/aromatic N) is 1. The smallest absolute Gasteiger partial charge is 0.0968 e. The highest BCUT2D eigenvalue weighted by molar-refractivity contribution is 14.1. The lowest BCUT2D eigenvalue weighted by Crippen LogP contribution is -2.19. The highest BCUT2D eigenvalue weighted by Gasteiger charge is 2.00. The second-order valence-corrected chi connectivity index (χ2v) is 3.81. The van der Waals surface area contributed by atoms with Crippen molar-refractivity contribution in [1.29, 1.82) is 5.26 Å². The summed E-state index contributed by atoms with van der Waals surface area (Å²) >= 11 is 2.24. The van der Waals surface area contributed by atoms with Gasteiger partial charge in [0.25, 0.3) is 0 Å². The number of benzene rings is 1. The van der Waals surface area contributed by atoms with Crippen LogP contribution in [0.2, 0.25) is 0 Å². The van der Waals surface area contributed by atoms with E-state index in [1.54, 1.807) is 0 Å². The van der Waals surface area contributed by atoms with Crippen molar-refractivity contribution in [3.8, 4) is 6.07 Å². The first kappa shape index (κ1) is 9.49. The molecule has 2 nitrogen and oxygen atoms in total. The van der Waals surface area contributed by atoms with Crippen LogP contribution in [0.5, 0.6) is 0 Å². The quantitative estimate of drug-likeness (QED) is 0.833. The first-order chi connectivity index (χ1) is 5.72. The molecule has 1 atom stereocenters. The first-order valence-corrected chi connectivity index (χ1v) is 4.70. The molecule has 0 spiro atoms. The standard InChI is InChI=1S/C9H9IN2/c10-8-3-1-7(2-4-8)5-9(12)6-11/h1-4,9H,5,12H2. The third-order valence-corrected chi connectivity index (χ3v) is 2.25. The van der Waals surface area contributed by atoms with Gasteiger partial charge < -0.3 is 5.73 Å². The highest BCUT2D eigenvalue weighted by atomic mass is 127. The minimum Gasteiger partial charge on any atom is -0.316 e. The summed E-state index contributed by atoms with van der Waals surface area (Å²) in [6.07, 6.45) is 0.632. The van der Waals surface area contributed by atoms with E-state index in [0.717, 1.165) is 5.56 Å². The van der Waals surface area contributed by atoms with Crippen LogP contribution in [0.4, 0.5) is 0 Å². The SMILES string of the molecule is N#CC(N)Cc1ccc(I)cc1. The average Bonchev–Trinajstić information content (AvgIpc) is 2.09. The zero-order valence-electron chi connectivity index (χ0n) is 6.50. The number of hydrogen-bond donors (Lipinski definition) is 1. The Hall–Kier alpha value is -0.600. The lowest BCUT2D eigenvalue weighted by molar-refractivity contribution is 0.823. The predicted octanol–water partition coefficient (Wildman–Crippen LogP) is 1.68. The van der Waals surface area contributed by atoms with Crippen LogP contribution >= 0.6 is 22.6 Å². The Morgan fingerprint density at radius 2 is 2.00 bits per heavy atom. The van der Waals surface area contributed by atoms with Gasteiger partial charge in [-0.05, 0) is 40.3 Å². The number of hydrogen-bond acceptors (Lipinski definition) is 2. The van der Waals surface area contributed by atoms with E-state index in [0.29, 0.717) is 6.42 Å². The van der Waals surface area contributed by atoms with Gasteiger partial charge >= 0.3 is 0 Å². The van der Waals surface area contributed by atoms with Crippen LogP contribution in [-0.2, 0) is 6.42 Å². The minimum atomic E-state index is -0.384. The molecule has 0 heterocycles. The summed E-state index contributed by atoms with van der Waals surface area (Å²) in [7, 11) is 0. The zero-order chi connectivity index (χ0) is 8.97. The molecule has 1 aromatic carbocycles. The summed E-state index contributed by atoms with van der Waals surface area (Å²) in [6.45, 7) is 0. The van der Waals surface area contributed by atoms with Crippen molar-refractivity contribution < 1.29 is 0 Å². The Bertz CT molecular complexity index is 286. The van der Waals surface area contributed by atoms with Gasteiger partial charge in [0.2, 0.25) is 0 Å². The molecule has 62 valence electrons. The molecule has 0 aliphatic carbocycles. The summed E-state index contributed by atoms with van der Waals surface area (Å²) in [4.78, 5) is 0. The van der Waals surface area contributed by atoms with E-state index in [4.69, 9.17) is 11.0 Å². The van der Waals surface area contributed by atoms with Crippen molar-refractivity contribution in [1.82, 2.24) is 0 Å². The molecule has 0 aliphatic heterocycles. The largest absolute Gasteiger partial charge is 0.316 e. The molecule has 1 aromatic rings. The van der Waals surface area contributed by atoms with Crippen molar-refractivity contribution in [3.05, 3.63) is 33.4 Å². The molecule has 0 amide bonds. The average molecular weight is 272 g/mol. The molecule has 0 radical (unpaired) electrons. The van der Waals surface area contributed by atoms with Crippen molar-refractivity contribution >= 4 is 22.6 Å². The number of rotatable bonds is 2. The Balaban J connectivity index is 2.66. The molecule has 3 heteroatoms. The summed E-state index contributed by atoms with van der Waals surface area (Å²) in [5.74, 6) is 0. The molecule has 12 heavy (non-hydrogen) atoms. The van der Waals surface area contributed by atoms with Crippen molar-refractivity contribution in [2.24, 2.45) is 5.73 Å². The third kappa shape index (κ3) is 2.80. The molecule has 0 aliphatic rings. The van der Waals surface area contributed by atoms with Crippen LogP contribution in [0.25, 0.3) is 0 Å². The van der Waals surface area contributed by atoms with Crippen LogP contribution in [0, 0.1) is 14.9 Å². The molecular formula is C9H9IN2. The Kier molecular flexibility index (Phi) is 3.50. The van der Waals surface area contributed by atoms with Crippen molar-refractivity contribution in [2.45, 2.75) is 12.5 Å². The van der Waals surface area contributed by atoms with Gasteiger partial charge in [-0.2, -0.15) is 5.26 Å². The second-order valence-electron chi connectivity index (χ2n) is 2.57. The van der Waals surface area contributed by atoms with Crippen molar-refractivity contribution in [2.75, 3.05) is 0 Å². The predicted molar refractivity (Wildman–Crippen MR) is 56.5 cm³/mol. The van der Waals surface area contributed by atoms with Crippen LogP contribution < -0.4 is 5.73 Å². The summed E-state index contributed by atoms with van der Waals surface area (Å²) in [5.41, 5.74) is 6.60. The molecule has 0 aromatic heterocycles. The van der Waals surface area contributed by atoms with E-state index in [2.05, 4.69) is 22.6 Å². The summed E-state index contributed by atoms with van der Waals surface area (Å²) < 4.78 is 1.20. The van der Waals surface area contributed by atoms with Gasteiger partial charge in [-0.25, -0.2) is 0 Å². The van der Waals surface area contributed by atoms with Crippen LogP contribution in [0.15, 0.2) is 24.3 Å². The Morgan fingerprint density at radius 1 is 1.42 bits per heavy atom. The Morgan fingerprint density at radius 3 is 2.50 bits per heavy atom. The molecule has 1 rings (SSSR count). The van der Waals surface area contributed by atoms with E-state index >= 15 is 0 Å². The van der Waals surface area contributed by atoms with Crippen LogP contribution in [0.3, 0.4) is 0 Å². The van der Waals surface area contributed by atoms with Gasteiger partial charge in [-0.15, -0.1) is 0 Å².